The Bertz CT molecular complexity index is 328. The highest BCUT2D eigenvalue weighted by atomic mass is 31.2. The molecule has 16 heavy (non-hydrogen) atoms. The van der Waals surface area contributed by atoms with Crippen molar-refractivity contribution in [1.29, 1.82) is 0 Å². The molecule has 0 aliphatic carbocycles. The molecule has 3 nitrogen and oxygen atoms in total. The number of hydrogen-bond donors (Lipinski definition) is 2. The second-order valence-corrected chi connectivity index (χ2v) is 6.13. The molecular formula is C12H21N2OP. The molecule has 1 rings (SSSR count). The van der Waals surface area contributed by atoms with Crippen LogP contribution in [0.5, 0.6) is 0 Å². The number of nitrogens with one attached hydrogen (secondary N) is 2. The van der Waals surface area contributed by atoms with Crippen molar-refractivity contribution in [3.05, 3.63) is 30.3 Å². The van der Waals surface area contributed by atoms with Crippen molar-refractivity contribution in [2.75, 3.05) is 13.1 Å². The smallest absolute Gasteiger partial charge is 0.240 e. The van der Waals surface area contributed by atoms with E-state index in [2.05, 4.69) is 24.0 Å². The minimum Gasteiger partial charge on any atom is -0.284 e. The Morgan fingerprint density at radius 1 is 1.00 bits per heavy atom. The van der Waals surface area contributed by atoms with Gasteiger partial charge in [-0.25, -0.2) is 0 Å². The predicted octanol–water partition coefficient (Wildman–Crippen LogP) is 2.50. The van der Waals surface area contributed by atoms with E-state index in [-0.39, 0.29) is 0 Å². The first kappa shape index (κ1) is 13.4. The highest BCUT2D eigenvalue weighted by Crippen LogP contribution is 2.34. The van der Waals surface area contributed by atoms with Gasteiger partial charge < -0.3 is 0 Å². The predicted molar refractivity (Wildman–Crippen MR) is 70.3 cm³/mol. The SMILES string of the molecule is CCCNP(=O)(NCCC)c1ccccc1. The van der Waals surface area contributed by atoms with Crippen molar-refractivity contribution in [1.82, 2.24) is 10.2 Å². The molecule has 0 aliphatic rings. The molecule has 0 saturated heterocycles. The summed E-state index contributed by atoms with van der Waals surface area (Å²) in [7, 11) is -2.60. The summed E-state index contributed by atoms with van der Waals surface area (Å²) in [6, 6.07) is 9.60. The molecule has 2 N–H and O–H groups in total. The van der Waals surface area contributed by atoms with E-state index in [1.54, 1.807) is 0 Å². The molecule has 90 valence electrons. The molecule has 0 aliphatic heterocycles. The maximum absolute atomic E-state index is 12.7. The molecule has 0 aromatic heterocycles. The van der Waals surface area contributed by atoms with Gasteiger partial charge >= 0.3 is 0 Å². The molecule has 0 bridgehead atoms. The summed E-state index contributed by atoms with van der Waals surface area (Å²) in [5, 5.41) is 7.14. The Hall–Kier alpha value is -0.630. The normalized spacial score (nSPS) is 11.6. The van der Waals surface area contributed by atoms with Crippen molar-refractivity contribution in [2.24, 2.45) is 0 Å². The maximum Gasteiger partial charge on any atom is 0.240 e. The molecule has 0 saturated carbocycles. The van der Waals surface area contributed by atoms with Crippen molar-refractivity contribution < 1.29 is 4.57 Å². The summed E-state index contributed by atoms with van der Waals surface area (Å²) < 4.78 is 12.7. The minimum absolute atomic E-state index is 0.767. The van der Waals surface area contributed by atoms with Crippen molar-refractivity contribution >= 4 is 12.7 Å². The average molecular weight is 240 g/mol. The van der Waals surface area contributed by atoms with E-state index in [0.717, 1.165) is 31.2 Å². The van der Waals surface area contributed by atoms with Crippen LogP contribution in [0.2, 0.25) is 0 Å². The van der Waals surface area contributed by atoms with E-state index in [0.29, 0.717) is 0 Å². The van der Waals surface area contributed by atoms with E-state index in [9.17, 15) is 4.57 Å². The zero-order valence-electron chi connectivity index (χ0n) is 10.1. The summed E-state index contributed by atoms with van der Waals surface area (Å²) >= 11 is 0. The monoisotopic (exact) mass is 240 g/mol. The van der Waals surface area contributed by atoms with Crippen LogP contribution in [0.25, 0.3) is 0 Å². The highest BCUT2D eigenvalue weighted by molar-refractivity contribution is 7.67. The molecule has 0 atom stereocenters. The summed E-state index contributed by atoms with van der Waals surface area (Å²) in [6.07, 6.45) is 1.95. The fraction of sp³-hybridized carbons (Fsp3) is 0.500. The Kier molecular flexibility index (Phi) is 5.75. The Balaban J connectivity index is 2.82. The van der Waals surface area contributed by atoms with Gasteiger partial charge in [0.15, 0.2) is 0 Å². The van der Waals surface area contributed by atoms with Gasteiger partial charge in [-0.15, -0.1) is 0 Å². The number of rotatable bonds is 7. The van der Waals surface area contributed by atoms with E-state index >= 15 is 0 Å². The van der Waals surface area contributed by atoms with Crippen LogP contribution in [0.15, 0.2) is 30.3 Å². The van der Waals surface area contributed by atoms with Gasteiger partial charge in [0, 0.05) is 18.4 Å². The molecular weight excluding hydrogens is 219 g/mol. The number of hydrogen-bond acceptors (Lipinski definition) is 1. The van der Waals surface area contributed by atoms with Gasteiger partial charge in [0.1, 0.15) is 0 Å². The first-order valence-corrected chi connectivity index (χ1v) is 7.59. The van der Waals surface area contributed by atoms with Crippen LogP contribution in [-0.4, -0.2) is 13.1 Å². The second kappa shape index (κ2) is 6.85. The van der Waals surface area contributed by atoms with Crippen LogP contribution >= 0.6 is 7.44 Å². The molecule has 1 aromatic carbocycles. The third-order valence-corrected chi connectivity index (χ3v) is 4.65. The molecule has 0 spiro atoms. The van der Waals surface area contributed by atoms with E-state index in [4.69, 9.17) is 0 Å². The zero-order valence-corrected chi connectivity index (χ0v) is 11.0. The molecule has 0 unspecified atom stereocenters. The average Bonchev–Trinajstić information content (AvgIpc) is 2.35. The lowest BCUT2D eigenvalue weighted by molar-refractivity contribution is 0.559. The quantitative estimate of drug-likeness (QED) is 0.719. The molecule has 0 amide bonds. The summed E-state index contributed by atoms with van der Waals surface area (Å²) in [4.78, 5) is 0. The van der Waals surface area contributed by atoms with E-state index in [1.165, 1.54) is 0 Å². The summed E-state index contributed by atoms with van der Waals surface area (Å²) in [5.41, 5.74) is 0. The Morgan fingerprint density at radius 3 is 1.94 bits per heavy atom. The van der Waals surface area contributed by atoms with Gasteiger partial charge in [0.05, 0.1) is 0 Å². The lowest BCUT2D eigenvalue weighted by Gasteiger charge is -2.20. The van der Waals surface area contributed by atoms with Crippen molar-refractivity contribution in [3.63, 3.8) is 0 Å². The lowest BCUT2D eigenvalue weighted by Crippen LogP contribution is -2.30. The third kappa shape index (κ3) is 3.75. The van der Waals surface area contributed by atoms with Gasteiger partial charge in [-0.2, -0.15) is 0 Å². The molecule has 0 fully saturated rings. The van der Waals surface area contributed by atoms with Crippen LogP contribution in [-0.2, 0) is 4.57 Å². The van der Waals surface area contributed by atoms with Crippen LogP contribution in [0, 0.1) is 0 Å². The van der Waals surface area contributed by atoms with Gasteiger partial charge in [0.2, 0.25) is 7.44 Å². The standard InChI is InChI=1S/C12H21N2OP/c1-3-10-13-16(15,14-11-4-2)12-8-6-5-7-9-12/h5-9H,3-4,10-11H2,1-2H3,(H2,13,14,15). The van der Waals surface area contributed by atoms with Crippen LogP contribution in [0.4, 0.5) is 0 Å². The molecule has 0 heterocycles. The van der Waals surface area contributed by atoms with Crippen molar-refractivity contribution in [3.8, 4) is 0 Å². The number of benzene rings is 1. The summed E-state index contributed by atoms with van der Waals surface area (Å²) in [5.74, 6) is 0. The first-order valence-electron chi connectivity index (χ1n) is 5.89. The van der Waals surface area contributed by atoms with E-state index in [1.807, 2.05) is 30.3 Å². The van der Waals surface area contributed by atoms with Gasteiger partial charge in [-0.3, -0.25) is 14.7 Å². The van der Waals surface area contributed by atoms with E-state index < -0.39 is 7.44 Å². The largest absolute Gasteiger partial charge is 0.284 e. The fourth-order valence-electron chi connectivity index (χ4n) is 1.41. The van der Waals surface area contributed by atoms with Crippen LogP contribution in [0.3, 0.4) is 0 Å². The first-order chi connectivity index (χ1) is 7.73. The summed E-state index contributed by atoms with van der Waals surface area (Å²) in [6.45, 7) is 5.68. The Morgan fingerprint density at radius 2 is 1.50 bits per heavy atom. The zero-order chi connectivity index (χ0) is 11.9. The topological polar surface area (TPSA) is 41.1 Å². The maximum atomic E-state index is 12.7. The Labute approximate surface area is 98.1 Å². The van der Waals surface area contributed by atoms with Crippen molar-refractivity contribution in [2.45, 2.75) is 26.7 Å². The second-order valence-electron chi connectivity index (χ2n) is 3.76. The molecule has 4 heteroatoms. The van der Waals surface area contributed by atoms with Gasteiger partial charge in [0.25, 0.3) is 0 Å². The lowest BCUT2D eigenvalue weighted by atomic mass is 10.4. The van der Waals surface area contributed by atoms with Crippen LogP contribution < -0.4 is 15.5 Å². The molecule has 0 radical (unpaired) electrons. The van der Waals surface area contributed by atoms with Gasteiger partial charge in [-0.1, -0.05) is 32.0 Å². The minimum atomic E-state index is -2.60. The fourth-order valence-corrected chi connectivity index (χ4v) is 3.56. The van der Waals surface area contributed by atoms with Gasteiger partial charge in [-0.05, 0) is 25.0 Å². The van der Waals surface area contributed by atoms with Crippen LogP contribution in [0.1, 0.15) is 26.7 Å². The highest BCUT2D eigenvalue weighted by Gasteiger charge is 2.22. The third-order valence-electron chi connectivity index (χ3n) is 2.29. The molecule has 1 aromatic rings.